The molecule has 0 saturated carbocycles. The van der Waals surface area contributed by atoms with Crippen LogP contribution in [0, 0.1) is 0 Å². The molecule has 0 aliphatic heterocycles. The Kier molecular flexibility index (Phi) is 5.71. The van der Waals surface area contributed by atoms with Gasteiger partial charge in [0.05, 0.1) is 0 Å². The van der Waals surface area contributed by atoms with E-state index in [2.05, 4.69) is 37.0 Å². The van der Waals surface area contributed by atoms with E-state index in [0.717, 1.165) is 13.0 Å². The molecule has 0 heterocycles. The number of thioether (sulfide) groups is 1. The molecule has 1 aromatic carbocycles. The second kappa shape index (κ2) is 7.18. The summed E-state index contributed by atoms with van der Waals surface area (Å²) in [5, 5.41) is 5.22. The highest BCUT2D eigenvalue weighted by molar-refractivity contribution is 8.05. The van der Waals surface area contributed by atoms with E-state index in [1.54, 1.807) is 11.8 Å². The maximum Gasteiger partial charge on any atom is 0.0340 e. The first kappa shape index (κ1) is 11.9. The van der Waals surface area contributed by atoms with E-state index in [-0.39, 0.29) is 0 Å². The Morgan fingerprint density at radius 3 is 2.80 bits per heavy atom. The third-order valence-electron chi connectivity index (χ3n) is 1.95. The van der Waals surface area contributed by atoms with E-state index in [0.29, 0.717) is 0 Å². The number of rotatable bonds is 6. The number of nitrogens with one attached hydrogen (secondary N) is 1. The van der Waals surface area contributed by atoms with Crippen molar-refractivity contribution in [1.82, 2.24) is 0 Å². The molecular formula is C13H17NS. The van der Waals surface area contributed by atoms with Crippen LogP contribution in [0.5, 0.6) is 0 Å². The van der Waals surface area contributed by atoms with Gasteiger partial charge in [0.15, 0.2) is 0 Å². The van der Waals surface area contributed by atoms with Gasteiger partial charge < -0.3 is 5.32 Å². The summed E-state index contributed by atoms with van der Waals surface area (Å²) < 4.78 is 0. The lowest BCUT2D eigenvalue weighted by Gasteiger charge is -2.03. The van der Waals surface area contributed by atoms with Crippen LogP contribution >= 0.6 is 11.8 Å². The Hall–Kier alpha value is -1.15. The molecule has 0 saturated heterocycles. The van der Waals surface area contributed by atoms with Gasteiger partial charge in [0.25, 0.3) is 0 Å². The summed E-state index contributed by atoms with van der Waals surface area (Å²) in [5.74, 6) is 0. The van der Waals surface area contributed by atoms with Crippen molar-refractivity contribution >= 4 is 17.4 Å². The van der Waals surface area contributed by atoms with Crippen molar-refractivity contribution < 1.29 is 0 Å². The zero-order valence-corrected chi connectivity index (χ0v) is 9.89. The second-order valence-corrected chi connectivity index (χ2v) is 4.39. The molecule has 80 valence electrons. The zero-order valence-electron chi connectivity index (χ0n) is 9.07. The molecule has 1 rings (SSSR count). The average molecular weight is 219 g/mol. The van der Waals surface area contributed by atoms with Crippen LogP contribution in [0.2, 0.25) is 0 Å². The van der Waals surface area contributed by atoms with E-state index < -0.39 is 0 Å². The van der Waals surface area contributed by atoms with Crippen LogP contribution in [0.3, 0.4) is 0 Å². The molecule has 0 aliphatic carbocycles. The topological polar surface area (TPSA) is 12.0 Å². The maximum absolute atomic E-state index is 3.68. The quantitative estimate of drug-likeness (QED) is 0.717. The van der Waals surface area contributed by atoms with Gasteiger partial charge in [-0.1, -0.05) is 30.9 Å². The lowest BCUT2D eigenvalue weighted by molar-refractivity contribution is 1.06. The first-order valence-electron chi connectivity index (χ1n) is 5.06. The van der Waals surface area contributed by atoms with Gasteiger partial charge in [0.1, 0.15) is 0 Å². The zero-order chi connectivity index (χ0) is 10.9. The van der Waals surface area contributed by atoms with Gasteiger partial charge in [-0.2, -0.15) is 0 Å². The number of anilines is 1. The van der Waals surface area contributed by atoms with Gasteiger partial charge in [-0.25, -0.2) is 0 Å². The van der Waals surface area contributed by atoms with E-state index in [1.165, 1.54) is 10.6 Å². The van der Waals surface area contributed by atoms with Crippen LogP contribution < -0.4 is 5.32 Å². The molecule has 1 aromatic rings. The van der Waals surface area contributed by atoms with Gasteiger partial charge >= 0.3 is 0 Å². The minimum atomic E-state index is 0.971. The van der Waals surface area contributed by atoms with Crippen LogP contribution in [-0.4, -0.2) is 6.54 Å². The highest BCUT2D eigenvalue weighted by atomic mass is 32.2. The molecule has 1 nitrogen and oxygen atoms in total. The Balaban J connectivity index is 2.22. The first-order valence-corrected chi connectivity index (χ1v) is 5.94. The summed E-state index contributed by atoms with van der Waals surface area (Å²) in [4.78, 5) is 1.31. The summed E-state index contributed by atoms with van der Waals surface area (Å²) in [6.07, 6.45) is 3.27. The molecule has 0 amide bonds. The minimum absolute atomic E-state index is 0.971. The SMILES string of the molecule is C=CS/C(C)=C\CCNc1ccccc1. The van der Waals surface area contributed by atoms with Crippen molar-refractivity contribution in [3.8, 4) is 0 Å². The van der Waals surface area contributed by atoms with Gasteiger partial charge in [0, 0.05) is 12.2 Å². The lowest BCUT2D eigenvalue weighted by Crippen LogP contribution is -1.99. The summed E-state index contributed by atoms with van der Waals surface area (Å²) in [6.45, 7) is 6.76. The van der Waals surface area contributed by atoms with Crippen LogP contribution in [-0.2, 0) is 0 Å². The monoisotopic (exact) mass is 219 g/mol. The number of hydrogen-bond acceptors (Lipinski definition) is 2. The normalized spacial score (nSPS) is 11.1. The van der Waals surface area contributed by atoms with E-state index >= 15 is 0 Å². The lowest BCUT2D eigenvalue weighted by atomic mass is 10.3. The van der Waals surface area contributed by atoms with Gasteiger partial charge in [-0.15, -0.1) is 11.8 Å². The van der Waals surface area contributed by atoms with Crippen molar-refractivity contribution in [1.29, 1.82) is 0 Å². The van der Waals surface area contributed by atoms with Crippen molar-refractivity contribution in [2.24, 2.45) is 0 Å². The fraction of sp³-hybridized carbons (Fsp3) is 0.231. The highest BCUT2D eigenvalue weighted by Gasteiger charge is 1.89. The predicted molar refractivity (Wildman–Crippen MR) is 71.1 cm³/mol. The van der Waals surface area contributed by atoms with E-state index in [4.69, 9.17) is 0 Å². The smallest absolute Gasteiger partial charge is 0.0340 e. The molecule has 0 atom stereocenters. The third-order valence-corrected chi connectivity index (χ3v) is 2.65. The summed E-state index contributed by atoms with van der Waals surface area (Å²) in [6, 6.07) is 10.3. The van der Waals surface area contributed by atoms with Crippen LogP contribution in [0.25, 0.3) is 0 Å². The Morgan fingerprint density at radius 1 is 1.40 bits per heavy atom. The van der Waals surface area contributed by atoms with Crippen LogP contribution in [0.4, 0.5) is 5.69 Å². The molecule has 0 aromatic heterocycles. The molecule has 2 heteroatoms. The van der Waals surface area contributed by atoms with Crippen molar-refractivity contribution in [3.05, 3.63) is 53.3 Å². The molecule has 15 heavy (non-hydrogen) atoms. The van der Waals surface area contributed by atoms with Crippen molar-refractivity contribution in [2.75, 3.05) is 11.9 Å². The Labute approximate surface area is 96.3 Å². The molecule has 0 unspecified atom stereocenters. The van der Waals surface area contributed by atoms with E-state index in [9.17, 15) is 0 Å². The number of para-hydroxylation sites is 1. The minimum Gasteiger partial charge on any atom is -0.385 e. The number of hydrogen-bond donors (Lipinski definition) is 1. The fourth-order valence-corrected chi connectivity index (χ4v) is 1.70. The predicted octanol–water partition coefficient (Wildman–Crippen LogP) is 4.27. The second-order valence-electron chi connectivity index (χ2n) is 3.18. The summed E-state index contributed by atoms with van der Waals surface area (Å²) in [5.41, 5.74) is 1.18. The van der Waals surface area contributed by atoms with Crippen molar-refractivity contribution in [3.63, 3.8) is 0 Å². The van der Waals surface area contributed by atoms with Crippen LogP contribution in [0.15, 0.2) is 53.3 Å². The third kappa shape index (κ3) is 5.33. The molecule has 0 bridgehead atoms. The van der Waals surface area contributed by atoms with Gasteiger partial charge in [-0.05, 0) is 35.8 Å². The van der Waals surface area contributed by atoms with Gasteiger partial charge in [-0.3, -0.25) is 0 Å². The summed E-state index contributed by atoms with van der Waals surface area (Å²) in [7, 11) is 0. The molecule has 1 N–H and O–H groups in total. The summed E-state index contributed by atoms with van der Waals surface area (Å²) >= 11 is 1.67. The molecule has 0 radical (unpaired) electrons. The number of allylic oxidation sites excluding steroid dienone is 1. The molecule has 0 aliphatic rings. The standard InChI is InChI=1S/C13H17NS/c1-3-15-12(2)8-7-11-14-13-9-5-4-6-10-13/h3-6,8-10,14H,1,7,11H2,2H3/b12-8-. The molecular weight excluding hydrogens is 202 g/mol. The maximum atomic E-state index is 3.68. The number of benzene rings is 1. The largest absolute Gasteiger partial charge is 0.385 e. The molecule has 0 spiro atoms. The van der Waals surface area contributed by atoms with Crippen molar-refractivity contribution in [2.45, 2.75) is 13.3 Å². The molecule has 0 fully saturated rings. The Bertz CT molecular complexity index is 317. The highest BCUT2D eigenvalue weighted by Crippen LogP contribution is 2.15. The Morgan fingerprint density at radius 2 is 2.13 bits per heavy atom. The fourth-order valence-electron chi connectivity index (χ4n) is 1.23. The first-order chi connectivity index (χ1) is 7.33. The average Bonchev–Trinajstić information content (AvgIpc) is 2.26. The van der Waals surface area contributed by atoms with Crippen LogP contribution in [0.1, 0.15) is 13.3 Å². The van der Waals surface area contributed by atoms with E-state index in [1.807, 2.05) is 23.6 Å². The van der Waals surface area contributed by atoms with Gasteiger partial charge in [0.2, 0.25) is 0 Å².